The van der Waals surface area contributed by atoms with E-state index in [1.165, 1.54) is 31.5 Å². The molecule has 0 heterocycles. The molecule has 0 aliphatic rings. The van der Waals surface area contributed by atoms with Crippen molar-refractivity contribution in [2.75, 3.05) is 7.11 Å². The maximum atomic E-state index is 12.0. The van der Waals surface area contributed by atoms with Crippen molar-refractivity contribution in [1.82, 2.24) is 5.43 Å². The second-order valence-electron chi connectivity index (χ2n) is 5.07. The fraction of sp³-hybridized carbons (Fsp3) is 0.118. The molecule has 8 nitrogen and oxygen atoms in total. The third-order valence-corrected chi connectivity index (χ3v) is 3.38. The van der Waals surface area contributed by atoms with Crippen LogP contribution in [0.2, 0.25) is 0 Å². The highest BCUT2D eigenvalue weighted by Gasteiger charge is 2.14. The normalized spacial score (nSPS) is 10.5. The minimum Gasteiger partial charge on any atom is -0.465 e. The molecule has 0 atom stereocenters. The zero-order valence-electron chi connectivity index (χ0n) is 13.6. The zero-order valence-corrected chi connectivity index (χ0v) is 13.6. The van der Waals surface area contributed by atoms with Crippen molar-refractivity contribution >= 4 is 23.8 Å². The number of ether oxygens (including phenoxy) is 1. The summed E-state index contributed by atoms with van der Waals surface area (Å²) in [6.07, 6.45) is 1.39. The first-order valence-corrected chi connectivity index (χ1v) is 7.19. The van der Waals surface area contributed by atoms with Crippen molar-refractivity contribution in [1.29, 1.82) is 0 Å². The number of carbonyl (C=O) groups is 2. The van der Waals surface area contributed by atoms with Crippen LogP contribution in [0.5, 0.6) is 0 Å². The highest BCUT2D eigenvalue weighted by molar-refractivity contribution is 5.95. The highest BCUT2D eigenvalue weighted by Crippen LogP contribution is 2.19. The number of hydrogen-bond donors (Lipinski definition) is 1. The van der Waals surface area contributed by atoms with Crippen LogP contribution in [0.3, 0.4) is 0 Å². The van der Waals surface area contributed by atoms with Gasteiger partial charge >= 0.3 is 5.97 Å². The second-order valence-corrected chi connectivity index (χ2v) is 5.07. The Morgan fingerprint density at radius 1 is 1.16 bits per heavy atom. The van der Waals surface area contributed by atoms with Gasteiger partial charge in [-0.1, -0.05) is 18.2 Å². The minimum atomic E-state index is -0.564. The van der Waals surface area contributed by atoms with E-state index in [1.54, 1.807) is 31.2 Å². The van der Waals surface area contributed by atoms with E-state index < -0.39 is 16.8 Å². The Hall–Kier alpha value is -3.55. The largest absolute Gasteiger partial charge is 0.465 e. The molecule has 1 amide bonds. The van der Waals surface area contributed by atoms with E-state index >= 15 is 0 Å². The molecule has 0 unspecified atom stereocenters. The van der Waals surface area contributed by atoms with E-state index in [4.69, 9.17) is 0 Å². The number of nitrogens with zero attached hydrogens (tertiary/aromatic N) is 2. The van der Waals surface area contributed by atoms with Gasteiger partial charge in [0.05, 0.1) is 23.8 Å². The maximum Gasteiger partial charge on any atom is 0.337 e. The van der Waals surface area contributed by atoms with E-state index in [2.05, 4.69) is 15.3 Å². The monoisotopic (exact) mass is 341 g/mol. The molecule has 0 spiro atoms. The van der Waals surface area contributed by atoms with Crippen LogP contribution < -0.4 is 5.43 Å². The van der Waals surface area contributed by atoms with E-state index in [0.29, 0.717) is 16.7 Å². The number of hydrogen-bond acceptors (Lipinski definition) is 6. The lowest BCUT2D eigenvalue weighted by Crippen LogP contribution is -2.17. The first-order valence-electron chi connectivity index (χ1n) is 7.19. The molecule has 0 saturated heterocycles. The summed E-state index contributed by atoms with van der Waals surface area (Å²) in [5.74, 6) is -1.01. The summed E-state index contributed by atoms with van der Waals surface area (Å²) in [6.45, 7) is 1.59. The molecule has 8 heteroatoms. The third kappa shape index (κ3) is 4.47. The number of nitrogens with one attached hydrogen (secondary N) is 1. The lowest BCUT2D eigenvalue weighted by molar-refractivity contribution is -0.385. The average Bonchev–Trinajstić information content (AvgIpc) is 2.61. The summed E-state index contributed by atoms with van der Waals surface area (Å²) in [5, 5.41) is 14.7. The number of esters is 1. The van der Waals surface area contributed by atoms with Gasteiger partial charge in [-0.05, 0) is 30.7 Å². The summed E-state index contributed by atoms with van der Waals surface area (Å²) >= 11 is 0. The first kappa shape index (κ1) is 17.8. The van der Waals surface area contributed by atoms with Gasteiger partial charge in [-0.3, -0.25) is 14.9 Å². The third-order valence-electron chi connectivity index (χ3n) is 3.38. The zero-order chi connectivity index (χ0) is 18.4. The molecule has 2 aromatic rings. The standard InChI is InChI=1S/C17H15N3O5/c1-11-3-6-14(9-15(11)20(23)24)16(21)19-18-10-12-4-7-13(8-5-12)17(22)25-2/h3-10H,1-2H3,(H,19,21). The van der Waals surface area contributed by atoms with Crippen LogP contribution in [-0.4, -0.2) is 30.1 Å². The number of rotatable bonds is 5. The van der Waals surface area contributed by atoms with Crippen LogP contribution in [0.15, 0.2) is 47.6 Å². The van der Waals surface area contributed by atoms with Crippen LogP contribution in [-0.2, 0) is 4.74 Å². The number of nitro groups is 1. The van der Waals surface area contributed by atoms with Crippen molar-refractivity contribution in [3.63, 3.8) is 0 Å². The predicted molar refractivity (Wildman–Crippen MR) is 90.7 cm³/mol. The van der Waals surface area contributed by atoms with Crippen molar-refractivity contribution < 1.29 is 19.2 Å². The molecule has 2 aromatic carbocycles. The smallest absolute Gasteiger partial charge is 0.337 e. The molecule has 0 radical (unpaired) electrons. The number of carbonyl (C=O) groups excluding carboxylic acids is 2. The predicted octanol–water partition coefficient (Wildman–Crippen LogP) is 2.45. The van der Waals surface area contributed by atoms with Crippen LogP contribution in [0, 0.1) is 17.0 Å². The Morgan fingerprint density at radius 3 is 2.40 bits per heavy atom. The van der Waals surface area contributed by atoms with E-state index in [-0.39, 0.29) is 11.3 Å². The van der Waals surface area contributed by atoms with Gasteiger partial charge in [0.15, 0.2) is 0 Å². The van der Waals surface area contributed by atoms with E-state index in [1.807, 2.05) is 0 Å². The Labute approximate surface area is 143 Å². The van der Waals surface area contributed by atoms with Crippen LogP contribution in [0.1, 0.15) is 31.8 Å². The number of nitro benzene ring substituents is 1. The number of aryl methyl sites for hydroxylation is 1. The van der Waals surface area contributed by atoms with E-state index in [0.717, 1.165) is 0 Å². The summed E-state index contributed by atoms with van der Waals surface area (Å²) in [5.41, 5.74) is 3.83. The van der Waals surface area contributed by atoms with Gasteiger partial charge in [0.1, 0.15) is 0 Å². The number of benzene rings is 2. The molecule has 0 bridgehead atoms. The summed E-state index contributed by atoms with van der Waals surface area (Å²) in [7, 11) is 1.29. The van der Waals surface area contributed by atoms with Crippen molar-refractivity contribution in [2.45, 2.75) is 6.92 Å². The molecule has 25 heavy (non-hydrogen) atoms. The van der Waals surface area contributed by atoms with Crippen LogP contribution in [0.4, 0.5) is 5.69 Å². The molecule has 0 aliphatic heterocycles. The lowest BCUT2D eigenvalue weighted by Gasteiger charge is -2.02. The maximum absolute atomic E-state index is 12.0. The SMILES string of the molecule is COC(=O)c1ccc(C=NNC(=O)c2ccc(C)c([N+](=O)[O-])c2)cc1. The number of amides is 1. The second kappa shape index (κ2) is 7.82. The molecule has 0 fully saturated rings. The van der Waals surface area contributed by atoms with Gasteiger partial charge in [-0.25, -0.2) is 10.2 Å². The molecule has 2 rings (SSSR count). The fourth-order valence-corrected chi connectivity index (χ4v) is 2.00. The summed E-state index contributed by atoms with van der Waals surface area (Å²) < 4.78 is 4.60. The molecule has 128 valence electrons. The van der Waals surface area contributed by atoms with Gasteiger partial charge in [0.25, 0.3) is 11.6 Å². The van der Waals surface area contributed by atoms with Gasteiger partial charge in [0.2, 0.25) is 0 Å². The Morgan fingerprint density at radius 2 is 1.80 bits per heavy atom. The molecule has 0 aromatic heterocycles. The minimum absolute atomic E-state index is 0.130. The Kier molecular flexibility index (Phi) is 5.57. The Balaban J connectivity index is 2.04. The van der Waals surface area contributed by atoms with Crippen LogP contribution >= 0.6 is 0 Å². The number of hydrazone groups is 1. The van der Waals surface area contributed by atoms with E-state index in [9.17, 15) is 19.7 Å². The fourth-order valence-electron chi connectivity index (χ4n) is 2.00. The molecule has 1 N–H and O–H groups in total. The Bertz CT molecular complexity index is 844. The highest BCUT2D eigenvalue weighted by atomic mass is 16.6. The quantitative estimate of drug-likeness (QED) is 0.389. The van der Waals surface area contributed by atoms with Gasteiger partial charge in [-0.2, -0.15) is 5.10 Å². The molecule has 0 aliphatic carbocycles. The van der Waals surface area contributed by atoms with Gasteiger partial charge < -0.3 is 4.74 Å². The van der Waals surface area contributed by atoms with Crippen LogP contribution in [0.25, 0.3) is 0 Å². The van der Waals surface area contributed by atoms with Crippen molar-refractivity contribution in [2.24, 2.45) is 5.10 Å². The summed E-state index contributed by atoms with van der Waals surface area (Å²) in [4.78, 5) is 33.7. The van der Waals surface area contributed by atoms with Crippen molar-refractivity contribution in [3.05, 3.63) is 74.8 Å². The van der Waals surface area contributed by atoms with Gasteiger partial charge in [0, 0.05) is 17.2 Å². The molecular formula is C17H15N3O5. The molecule has 0 saturated carbocycles. The average molecular weight is 341 g/mol. The topological polar surface area (TPSA) is 111 Å². The number of methoxy groups -OCH3 is 1. The molecular weight excluding hydrogens is 326 g/mol. The lowest BCUT2D eigenvalue weighted by atomic mass is 10.1. The van der Waals surface area contributed by atoms with Crippen molar-refractivity contribution in [3.8, 4) is 0 Å². The summed E-state index contributed by atoms with van der Waals surface area (Å²) in [6, 6.07) is 10.6. The first-order chi connectivity index (χ1) is 11.9. The van der Waals surface area contributed by atoms with Gasteiger partial charge in [-0.15, -0.1) is 0 Å².